The molecule has 25 heavy (non-hydrogen) atoms. The Kier molecular flexibility index (Phi) is 4.16. The minimum Gasteiger partial charge on any atom is -0.507 e. The molecule has 0 saturated carbocycles. The van der Waals surface area contributed by atoms with Crippen LogP contribution in [0.4, 0.5) is 0 Å². The Hall–Kier alpha value is -2.07. The van der Waals surface area contributed by atoms with Crippen molar-refractivity contribution in [2.24, 2.45) is 11.8 Å². The topological polar surface area (TPSA) is 56.3 Å². The quantitative estimate of drug-likeness (QED) is 0.658. The van der Waals surface area contributed by atoms with Gasteiger partial charge in [-0.3, -0.25) is 9.69 Å². The van der Waals surface area contributed by atoms with Gasteiger partial charge in [0.05, 0.1) is 6.04 Å². The second kappa shape index (κ2) is 6.34. The third-order valence-electron chi connectivity index (χ3n) is 6.30. The van der Waals surface area contributed by atoms with Crippen LogP contribution < -0.4 is 0 Å². The summed E-state index contributed by atoms with van der Waals surface area (Å²) in [6.07, 6.45) is 6.06. The molecule has 0 amide bonds. The molecular weight excluding hydrogens is 312 g/mol. The fraction of sp³-hybridized carbons (Fsp3) is 0.476. The zero-order valence-electron chi connectivity index (χ0n) is 15.0. The molecule has 1 aromatic heterocycles. The molecule has 3 atom stereocenters. The van der Waals surface area contributed by atoms with Gasteiger partial charge in [0.1, 0.15) is 12.0 Å². The summed E-state index contributed by atoms with van der Waals surface area (Å²) < 4.78 is 0. The van der Waals surface area contributed by atoms with Crippen molar-refractivity contribution in [2.45, 2.75) is 39.2 Å². The van der Waals surface area contributed by atoms with Gasteiger partial charge < -0.3 is 10.1 Å². The highest BCUT2D eigenvalue weighted by atomic mass is 16.3. The van der Waals surface area contributed by atoms with Crippen molar-refractivity contribution >= 4 is 17.2 Å². The third-order valence-corrected chi connectivity index (χ3v) is 6.30. The van der Waals surface area contributed by atoms with Crippen LogP contribution in [0.5, 0.6) is 5.75 Å². The lowest BCUT2D eigenvalue weighted by Gasteiger charge is -2.46. The number of hydrogen-bond donors (Lipinski definition) is 2. The number of carbonyl (C=O) groups is 1. The number of carbonyl (C=O) groups excluding carboxylic acids is 1. The number of aromatic nitrogens is 1. The van der Waals surface area contributed by atoms with Gasteiger partial charge in [-0.2, -0.15) is 0 Å². The number of H-pyrrole nitrogens is 1. The Morgan fingerprint density at radius 1 is 1.44 bits per heavy atom. The molecule has 132 valence electrons. The zero-order valence-corrected chi connectivity index (χ0v) is 15.0. The van der Waals surface area contributed by atoms with E-state index in [0.717, 1.165) is 55.1 Å². The number of aldehydes is 1. The average Bonchev–Trinajstić information content (AvgIpc) is 3.02. The Balaban J connectivity index is 1.77. The fourth-order valence-electron chi connectivity index (χ4n) is 4.99. The highest BCUT2D eigenvalue weighted by molar-refractivity contribution is 5.90. The number of allylic oxidation sites excluding steroid dienone is 2. The highest BCUT2D eigenvalue weighted by Gasteiger charge is 2.40. The summed E-state index contributed by atoms with van der Waals surface area (Å²) in [6.45, 7) is 6.26. The summed E-state index contributed by atoms with van der Waals surface area (Å²) in [6, 6.07) is 6.00. The lowest BCUT2D eigenvalue weighted by Crippen LogP contribution is -2.46. The van der Waals surface area contributed by atoms with E-state index in [1.54, 1.807) is 6.07 Å². The molecule has 4 nitrogen and oxygen atoms in total. The van der Waals surface area contributed by atoms with Crippen molar-refractivity contribution in [1.29, 1.82) is 0 Å². The Labute approximate surface area is 148 Å². The molecule has 2 aliphatic rings. The van der Waals surface area contributed by atoms with Gasteiger partial charge in [-0.1, -0.05) is 25.5 Å². The molecule has 4 heteroatoms. The normalized spacial score (nSPS) is 27.1. The number of hydrogen-bond acceptors (Lipinski definition) is 3. The number of aromatic amines is 1. The maximum Gasteiger partial charge on any atom is 0.145 e. The average molecular weight is 338 g/mol. The van der Waals surface area contributed by atoms with Gasteiger partial charge in [-0.15, -0.1) is 0 Å². The standard InChI is InChI=1S/C21H26N2O2/c1-3-13-11-23-9-8-15-20-17(6-5-7-19(20)25)22-21(15)18(23)10-16(13)14(4-2)12-24/h4-7,12-13,16,18,22,25H,3,8-11H2,1-2H3/b14-4-. The number of phenolic OH excluding ortho intramolecular Hbond substituents is 1. The largest absolute Gasteiger partial charge is 0.507 e. The molecule has 1 fully saturated rings. The number of rotatable bonds is 3. The first-order chi connectivity index (χ1) is 12.2. The molecule has 2 N–H and O–H groups in total. The summed E-state index contributed by atoms with van der Waals surface area (Å²) in [5.74, 6) is 1.22. The highest BCUT2D eigenvalue weighted by Crippen LogP contribution is 2.46. The molecule has 0 bridgehead atoms. The maximum atomic E-state index is 11.6. The molecule has 0 aliphatic carbocycles. The zero-order chi connectivity index (χ0) is 17.6. The van der Waals surface area contributed by atoms with Gasteiger partial charge >= 0.3 is 0 Å². The van der Waals surface area contributed by atoms with Gasteiger partial charge in [-0.25, -0.2) is 0 Å². The van der Waals surface area contributed by atoms with Crippen LogP contribution >= 0.6 is 0 Å². The van der Waals surface area contributed by atoms with E-state index in [1.165, 1.54) is 11.3 Å². The van der Waals surface area contributed by atoms with Crippen molar-refractivity contribution in [1.82, 2.24) is 9.88 Å². The van der Waals surface area contributed by atoms with E-state index in [1.807, 2.05) is 25.1 Å². The number of piperidine rings is 1. The minimum absolute atomic E-state index is 0.304. The lowest BCUT2D eigenvalue weighted by atomic mass is 9.74. The van der Waals surface area contributed by atoms with Crippen LogP contribution in [0.3, 0.4) is 0 Å². The van der Waals surface area contributed by atoms with Crippen LogP contribution in [-0.4, -0.2) is 34.4 Å². The molecule has 1 saturated heterocycles. The van der Waals surface area contributed by atoms with Crippen molar-refractivity contribution in [2.75, 3.05) is 13.1 Å². The first-order valence-corrected chi connectivity index (χ1v) is 9.35. The van der Waals surface area contributed by atoms with Crippen LogP contribution in [0.1, 0.15) is 44.0 Å². The van der Waals surface area contributed by atoms with Crippen LogP contribution in [0.25, 0.3) is 10.9 Å². The minimum atomic E-state index is 0.304. The summed E-state index contributed by atoms with van der Waals surface area (Å²) in [5.41, 5.74) is 4.46. The van der Waals surface area contributed by atoms with Crippen molar-refractivity contribution in [3.63, 3.8) is 0 Å². The first-order valence-electron chi connectivity index (χ1n) is 9.35. The van der Waals surface area contributed by atoms with Gasteiger partial charge in [0, 0.05) is 29.7 Å². The van der Waals surface area contributed by atoms with E-state index >= 15 is 0 Å². The molecule has 0 radical (unpaired) electrons. The van der Waals surface area contributed by atoms with Gasteiger partial charge in [0.15, 0.2) is 0 Å². The fourth-order valence-corrected chi connectivity index (χ4v) is 4.99. The van der Waals surface area contributed by atoms with E-state index in [2.05, 4.69) is 16.8 Å². The van der Waals surface area contributed by atoms with Crippen molar-refractivity contribution in [3.05, 3.63) is 41.1 Å². The van der Waals surface area contributed by atoms with Crippen LogP contribution in [-0.2, 0) is 11.2 Å². The van der Waals surface area contributed by atoms with Crippen LogP contribution in [0.2, 0.25) is 0 Å². The summed E-state index contributed by atoms with van der Waals surface area (Å²) in [5, 5.41) is 11.3. The first kappa shape index (κ1) is 16.4. The number of phenols is 1. The SMILES string of the molecule is C/C=C(/C=O)C1CC2c3[nH]c4cccc(O)c4c3CCN2CC1CC. The Bertz CT molecular complexity index is 836. The molecule has 1 aromatic carbocycles. The second-order valence-corrected chi connectivity index (χ2v) is 7.39. The van der Waals surface area contributed by atoms with Gasteiger partial charge in [0.2, 0.25) is 0 Å². The molecule has 0 spiro atoms. The molecule has 4 rings (SSSR count). The maximum absolute atomic E-state index is 11.6. The number of nitrogens with zero attached hydrogens (tertiary/aromatic N) is 1. The van der Waals surface area contributed by atoms with Crippen LogP contribution in [0, 0.1) is 11.8 Å². The monoisotopic (exact) mass is 338 g/mol. The van der Waals surface area contributed by atoms with Gasteiger partial charge in [0.25, 0.3) is 0 Å². The number of fused-ring (bicyclic) bond motifs is 5. The van der Waals surface area contributed by atoms with Crippen LogP contribution in [0.15, 0.2) is 29.8 Å². The second-order valence-electron chi connectivity index (χ2n) is 7.39. The van der Waals surface area contributed by atoms with E-state index in [0.29, 0.717) is 23.6 Å². The van der Waals surface area contributed by atoms with E-state index in [-0.39, 0.29) is 0 Å². The number of benzene rings is 1. The van der Waals surface area contributed by atoms with Crippen molar-refractivity contribution < 1.29 is 9.90 Å². The number of nitrogens with one attached hydrogen (secondary N) is 1. The Morgan fingerprint density at radius 2 is 2.28 bits per heavy atom. The molecular formula is C21H26N2O2. The smallest absolute Gasteiger partial charge is 0.145 e. The third kappa shape index (κ3) is 2.51. The predicted octanol–water partition coefficient (Wildman–Crippen LogP) is 3.96. The Morgan fingerprint density at radius 3 is 3.00 bits per heavy atom. The van der Waals surface area contributed by atoms with E-state index in [9.17, 15) is 9.90 Å². The summed E-state index contributed by atoms with van der Waals surface area (Å²) in [7, 11) is 0. The van der Waals surface area contributed by atoms with E-state index in [4.69, 9.17) is 0 Å². The predicted molar refractivity (Wildman–Crippen MR) is 99.7 cm³/mol. The summed E-state index contributed by atoms with van der Waals surface area (Å²) in [4.78, 5) is 17.7. The van der Waals surface area contributed by atoms with Crippen molar-refractivity contribution in [3.8, 4) is 5.75 Å². The molecule has 3 heterocycles. The lowest BCUT2D eigenvalue weighted by molar-refractivity contribution is -0.105. The van der Waals surface area contributed by atoms with E-state index < -0.39 is 0 Å². The van der Waals surface area contributed by atoms with Gasteiger partial charge in [-0.05, 0) is 54.9 Å². The molecule has 3 unspecified atom stereocenters. The number of aromatic hydroxyl groups is 1. The summed E-state index contributed by atoms with van der Waals surface area (Å²) >= 11 is 0. The molecule has 2 aromatic rings. The molecule has 2 aliphatic heterocycles.